The van der Waals surface area contributed by atoms with Crippen LogP contribution in [0.25, 0.3) is 0 Å². The van der Waals surface area contributed by atoms with E-state index in [1.54, 1.807) is 0 Å². The van der Waals surface area contributed by atoms with E-state index < -0.39 is 11.6 Å². The van der Waals surface area contributed by atoms with E-state index in [1.807, 2.05) is 20.8 Å². The van der Waals surface area contributed by atoms with Gasteiger partial charge in [-0.25, -0.2) is 4.79 Å². The van der Waals surface area contributed by atoms with Crippen LogP contribution < -0.4 is 0 Å². The zero-order valence-electron chi connectivity index (χ0n) is 9.00. The van der Waals surface area contributed by atoms with Gasteiger partial charge < -0.3 is 5.11 Å². The Labute approximate surface area is 85.1 Å². The molecule has 1 N–H and O–H groups in total. The highest BCUT2D eigenvalue weighted by Crippen LogP contribution is 2.43. The highest BCUT2D eigenvalue weighted by molar-refractivity contribution is 5.68. The van der Waals surface area contributed by atoms with Crippen molar-refractivity contribution in [3.05, 3.63) is 0 Å². The Balaban J connectivity index is 3.12. The van der Waals surface area contributed by atoms with Gasteiger partial charge >= 0.3 is 6.09 Å². The summed E-state index contributed by atoms with van der Waals surface area (Å²) in [6, 6.07) is 0. The van der Waals surface area contributed by atoms with Gasteiger partial charge in [-0.05, 0) is 18.3 Å². The van der Waals surface area contributed by atoms with Crippen molar-refractivity contribution in [2.45, 2.75) is 39.2 Å². The molecule has 1 fully saturated rings. The van der Waals surface area contributed by atoms with Crippen LogP contribution in [0.5, 0.6) is 0 Å². The molecule has 0 aromatic heterocycles. The van der Waals surface area contributed by atoms with Crippen molar-refractivity contribution in [2.75, 3.05) is 6.54 Å². The van der Waals surface area contributed by atoms with Gasteiger partial charge in [-0.2, -0.15) is 0 Å². The van der Waals surface area contributed by atoms with Crippen molar-refractivity contribution in [3.63, 3.8) is 0 Å². The predicted molar refractivity (Wildman–Crippen MR) is 55.0 cm³/mol. The monoisotopic (exact) mass is 195 g/mol. The molecule has 0 aliphatic carbocycles. The van der Waals surface area contributed by atoms with Gasteiger partial charge in [0.15, 0.2) is 0 Å². The molecule has 0 bridgehead atoms. The van der Waals surface area contributed by atoms with Crippen LogP contribution in [0.1, 0.15) is 33.6 Å². The van der Waals surface area contributed by atoms with Gasteiger partial charge in [0.2, 0.25) is 0 Å². The number of hydrogen-bond donors (Lipinski definition) is 1. The SMILES string of the molecule is C#C[C@@]1(C(C)(C)C)CCCN1C(=O)O. The molecule has 1 atom stereocenters. The fourth-order valence-electron chi connectivity index (χ4n) is 2.22. The van der Waals surface area contributed by atoms with E-state index >= 15 is 0 Å². The Hall–Kier alpha value is -1.17. The number of hydrogen-bond acceptors (Lipinski definition) is 1. The van der Waals surface area contributed by atoms with Crippen LogP contribution in [0.2, 0.25) is 0 Å². The maximum Gasteiger partial charge on any atom is 0.408 e. The van der Waals surface area contributed by atoms with Crippen LogP contribution in [-0.4, -0.2) is 28.2 Å². The Morgan fingerprint density at radius 3 is 2.43 bits per heavy atom. The summed E-state index contributed by atoms with van der Waals surface area (Å²) < 4.78 is 0. The van der Waals surface area contributed by atoms with Crippen LogP contribution in [-0.2, 0) is 0 Å². The van der Waals surface area contributed by atoms with Crippen molar-refractivity contribution in [2.24, 2.45) is 5.41 Å². The highest BCUT2D eigenvalue weighted by atomic mass is 16.4. The lowest BCUT2D eigenvalue weighted by Crippen LogP contribution is -2.54. The third-order valence-corrected chi connectivity index (χ3v) is 3.09. The van der Waals surface area contributed by atoms with Gasteiger partial charge in [0.05, 0.1) is 0 Å². The molecule has 1 rings (SSSR count). The molecule has 0 aromatic rings. The highest BCUT2D eigenvalue weighted by Gasteiger charge is 2.50. The maximum atomic E-state index is 11.1. The van der Waals surface area contributed by atoms with Crippen LogP contribution in [0.15, 0.2) is 0 Å². The van der Waals surface area contributed by atoms with E-state index in [0.29, 0.717) is 6.54 Å². The average molecular weight is 195 g/mol. The fraction of sp³-hybridized carbons (Fsp3) is 0.727. The second-order valence-electron chi connectivity index (χ2n) is 4.79. The second kappa shape index (κ2) is 3.20. The quantitative estimate of drug-likeness (QED) is 0.602. The van der Waals surface area contributed by atoms with Gasteiger partial charge in [0.1, 0.15) is 5.54 Å². The van der Waals surface area contributed by atoms with E-state index in [-0.39, 0.29) is 5.41 Å². The van der Waals surface area contributed by atoms with Crippen molar-refractivity contribution in [3.8, 4) is 12.3 Å². The fourth-order valence-corrected chi connectivity index (χ4v) is 2.22. The lowest BCUT2D eigenvalue weighted by molar-refractivity contribution is 0.0703. The van der Waals surface area contributed by atoms with Crippen molar-refractivity contribution in [1.29, 1.82) is 0 Å². The molecule has 1 aliphatic heterocycles. The van der Waals surface area contributed by atoms with Gasteiger partial charge in [-0.3, -0.25) is 4.90 Å². The minimum absolute atomic E-state index is 0.212. The topological polar surface area (TPSA) is 40.5 Å². The Morgan fingerprint density at radius 2 is 2.14 bits per heavy atom. The third-order valence-electron chi connectivity index (χ3n) is 3.09. The molecule has 1 heterocycles. The smallest absolute Gasteiger partial charge is 0.408 e. The summed E-state index contributed by atoms with van der Waals surface area (Å²) in [6.07, 6.45) is 6.24. The Kier molecular flexibility index (Phi) is 2.49. The van der Waals surface area contributed by atoms with Gasteiger partial charge in [-0.1, -0.05) is 26.7 Å². The first-order valence-corrected chi connectivity index (χ1v) is 4.83. The molecule has 1 saturated heterocycles. The summed E-state index contributed by atoms with van der Waals surface area (Å²) >= 11 is 0. The summed E-state index contributed by atoms with van der Waals surface area (Å²) in [7, 11) is 0. The Morgan fingerprint density at radius 1 is 1.57 bits per heavy atom. The molecule has 0 radical (unpaired) electrons. The normalized spacial score (nSPS) is 27.4. The minimum Gasteiger partial charge on any atom is -0.465 e. The molecular formula is C11H17NO2. The van der Waals surface area contributed by atoms with E-state index in [2.05, 4.69) is 5.92 Å². The zero-order chi connectivity index (χ0) is 11.0. The molecule has 0 unspecified atom stereocenters. The first-order chi connectivity index (χ1) is 6.35. The van der Waals surface area contributed by atoms with Gasteiger partial charge in [0, 0.05) is 6.54 Å². The molecule has 0 spiro atoms. The molecule has 0 aromatic carbocycles. The number of carboxylic acid groups (broad SMARTS) is 1. The maximum absolute atomic E-state index is 11.1. The number of likely N-dealkylation sites (tertiary alicyclic amines) is 1. The first kappa shape index (κ1) is 10.9. The summed E-state index contributed by atoms with van der Waals surface area (Å²) in [5.74, 6) is 2.69. The predicted octanol–water partition coefficient (Wildman–Crippen LogP) is 2.18. The van der Waals surface area contributed by atoms with Gasteiger partial charge in [-0.15, -0.1) is 6.42 Å². The van der Waals surface area contributed by atoms with E-state index in [1.165, 1.54) is 4.90 Å². The van der Waals surface area contributed by atoms with E-state index in [4.69, 9.17) is 11.5 Å². The molecule has 3 nitrogen and oxygen atoms in total. The van der Waals surface area contributed by atoms with Crippen molar-refractivity contribution >= 4 is 6.09 Å². The third kappa shape index (κ3) is 1.35. The number of terminal acetylenes is 1. The van der Waals surface area contributed by atoms with Crippen LogP contribution in [0, 0.1) is 17.8 Å². The molecule has 1 amide bonds. The lowest BCUT2D eigenvalue weighted by atomic mass is 9.72. The summed E-state index contributed by atoms with van der Waals surface area (Å²) in [5, 5.41) is 9.07. The van der Waals surface area contributed by atoms with E-state index in [9.17, 15) is 4.79 Å². The largest absolute Gasteiger partial charge is 0.465 e. The standard InChI is InChI=1S/C11H17NO2/c1-5-11(10(2,3)4)7-6-8-12(11)9(13)14/h1H,6-8H2,2-4H3,(H,13,14)/t11-/m0/s1. The number of amides is 1. The van der Waals surface area contributed by atoms with Gasteiger partial charge in [0.25, 0.3) is 0 Å². The molecule has 1 aliphatic rings. The first-order valence-electron chi connectivity index (χ1n) is 4.83. The second-order valence-corrected chi connectivity index (χ2v) is 4.79. The molecule has 0 saturated carbocycles. The summed E-state index contributed by atoms with van der Waals surface area (Å²) in [6.45, 7) is 6.53. The summed E-state index contributed by atoms with van der Waals surface area (Å²) in [4.78, 5) is 12.5. The number of carbonyl (C=O) groups is 1. The number of rotatable bonds is 0. The van der Waals surface area contributed by atoms with Crippen LogP contribution in [0.4, 0.5) is 4.79 Å². The average Bonchev–Trinajstić information content (AvgIpc) is 2.46. The molecule has 3 heteroatoms. The lowest BCUT2D eigenvalue weighted by Gasteiger charge is -2.42. The van der Waals surface area contributed by atoms with Crippen LogP contribution >= 0.6 is 0 Å². The van der Waals surface area contributed by atoms with Crippen molar-refractivity contribution < 1.29 is 9.90 Å². The van der Waals surface area contributed by atoms with Crippen LogP contribution in [0.3, 0.4) is 0 Å². The summed E-state index contributed by atoms with van der Waals surface area (Å²) in [5.41, 5.74) is -0.838. The van der Waals surface area contributed by atoms with E-state index in [0.717, 1.165) is 12.8 Å². The minimum atomic E-state index is -0.907. The molecular weight excluding hydrogens is 178 g/mol. The van der Waals surface area contributed by atoms with Crippen molar-refractivity contribution in [1.82, 2.24) is 4.90 Å². The number of nitrogens with zero attached hydrogens (tertiary/aromatic N) is 1. The zero-order valence-corrected chi connectivity index (χ0v) is 9.00. The molecule has 14 heavy (non-hydrogen) atoms. The molecule has 78 valence electrons. The Bertz CT molecular complexity index is 285.